The lowest BCUT2D eigenvalue weighted by Gasteiger charge is -2.34. The number of aliphatic carboxylic acids is 1. The molecule has 1 saturated heterocycles. The Labute approximate surface area is 195 Å². The number of carbonyl (C=O) groups is 3. The summed E-state index contributed by atoms with van der Waals surface area (Å²) in [5.74, 6) is -3.19. The quantitative estimate of drug-likeness (QED) is 0.416. The molecule has 0 bridgehead atoms. The van der Waals surface area contributed by atoms with Gasteiger partial charge < -0.3 is 19.7 Å². The number of hydrogen-bond donors (Lipinski definition) is 2. The molecule has 2 aromatic heterocycles. The van der Waals surface area contributed by atoms with Crippen LogP contribution in [-0.2, 0) is 9.53 Å². The number of aromatic amines is 1. The number of piperidine rings is 1. The number of rotatable bonds is 3. The maximum atomic E-state index is 13.5. The van der Waals surface area contributed by atoms with E-state index in [2.05, 4.69) is 19.7 Å². The summed E-state index contributed by atoms with van der Waals surface area (Å²) in [6, 6.07) is 7.19. The minimum absolute atomic E-state index is 0.229. The standard InChI is InChI=1S/C20H19FN4O3.C2HF3O2/c1-28-20(27)12-5-7-15(22-11-12)19(26)25-9-3-2-4-17(25)18-23-14-8-6-13(21)10-16(14)24-18;3-2(4,5)1(6)7/h5-8,10-11,17H,2-4,9H2,1H3,(H,23,24);(H,6,7). The number of carboxylic acid groups (broad SMARTS) is 1. The number of ether oxygens (including phenoxy) is 1. The highest BCUT2D eigenvalue weighted by molar-refractivity contribution is 5.94. The first-order valence-electron chi connectivity index (χ1n) is 10.3. The van der Waals surface area contributed by atoms with Gasteiger partial charge in [-0.25, -0.2) is 19.0 Å². The molecule has 2 N–H and O–H groups in total. The number of H-pyrrole nitrogens is 1. The third-order valence-corrected chi connectivity index (χ3v) is 5.19. The van der Waals surface area contributed by atoms with Crippen molar-refractivity contribution in [1.82, 2.24) is 19.9 Å². The molecule has 1 fully saturated rings. The zero-order chi connectivity index (χ0) is 25.8. The number of carbonyl (C=O) groups excluding carboxylic acids is 2. The molecular weight excluding hydrogens is 476 g/mol. The maximum absolute atomic E-state index is 13.5. The first-order chi connectivity index (χ1) is 16.5. The van der Waals surface area contributed by atoms with Gasteiger partial charge in [-0.1, -0.05) is 0 Å². The monoisotopic (exact) mass is 496 g/mol. The van der Waals surface area contributed by atoms with E-state index in [0.29, 0.717) is 23.4 Å². The number of benzene rings is 1. The summed E-state index contributed by atoms with van der Waals surface area (Å²) >= 11 is 0. The van der Waals surface area contributed by atoms with Gasteiger partial charge in [0.15, 0.2) is 0 Å². The average Bonchev–Trinajstić information content (AvgIpc) is 3.26. The number of likely N-dealkylation sites (tertiary alicyclic amines) is 1. The minimum atomic E-state index is -5.08. The van der Waals surface area contributed by atoms with E-state index < -0.39 is 18.1 Å². The second-order valence-electron chi connectivity index (χ2n) is 7.52. The Balaban J connectivity index is 0.000000429. The molecule has 1 unspecified atom stereocenters. The van der Waals surface area contributed by atoms with Crippen LogP contribution in [0, 0.1) is 5.82 Å². The second kappa shape index (κ2) is 10.5. The van der Waals surface area contributed by atoms with Crippen LogP contribution in [0.5, 0.6) is 0 Å². The molecule has 13 heteroatoms. The Morgan fingerprint density at radius 1 is 1.17 bits per heavy atom. The molecule has 0 saturated carbocycles. The van der Waals surface area contributed by atoms with Crippen LogP contribution in [0.2, 0.25) is 0 Å². The van der Waals surface area contributed by atoms with Crippen molar-refractivity contribution >= 4 is 28.9 Å². The van der Waals surface area contributed by atoms with Gasteiger partial charge in [-0.3, -0.25) is 9.78 Å². The number of nitrogens with one attached hydrogen (secondary N) is 1. The van der Waals surface area contributed by atoms with Crippen LogP contribution in [0.4, 0.5) is 17.6 Å². The van der Waals surface area contributed by atoms with Crippen molar-refractivity contribution in [3.63, 3.8) is 0 Å². The van der Waals surface area contributed by atoms with Crippen molar-refractivity contribution in [2.75, 3.05) is 13.7 Å². The fraction of sp³-hybridized carbons (Fsp3) is 0.318. The van der Waals surface area contributed by atoms with Gasteiger partial charge in [0, 0.05) is 12.7 Å². The summed E-state index contributed by atoms with van der Waals surface area (Å²) in [5.41, 5.74) is 1.80. The summed E-state index contributed by atoms with van der Waals surface area (Å²) in [5, 5.41) is 7.12. The highest BCUT2D eigenvalue weighted by atomic mass is 19.4. The van der Waals surface area contributed by atoms with E-state index in [1.54, 1.807) is 11.0 Å². The molecule has 0 spiro atoms. The van der Waals surface area contributed by atoms with Crippen molar-refractivity contribution in [3.05, 3.63) is 59.4 Å². The van der Waals surface area contributed by atoms with Crippen LogP contribution in [0.25, 0.3) is 11.0 Å². The highest BCUT2D eigenvalue weighted by Crippen LogP contribution is 2.31. The van der Waals surface area contributed by atoms with Crippen molar-refractivity contribution in [2.45, 2.75) is 31.5 Å². The number of aromatic nitrogens is 3. The van der Waals surface area contributed by atoms with Crippen LogP contribution < -0.4 is 0 Å². The molecule has 3 aromatic rings. The van der Waals surface area contributed by atoms with Crippen molar-refractivity contribution < 1.29 is 41.8 Å². The van der Waals surface area contributed by atoms with E-state index in [1.165, 1.54) is 37.6 Å². The molecule has 35 heavy (non-hydrogen) atoms. The number of imidazole rings is 1. The highest BCUT2D eigenvalue weighted by Gasteiger charge is 2.38. The summed E-state index contributed by atoms with van der Waals surface area (Å²) in [7, 11) is 1.29. The van der Waals surface area contributed by atoms with E-state index in [9.17, 15) is 27.2 Å². The molecule has 0 radical (unpaired) electrons. The second-order valence-corrected chi connectivity index (χ2v) is 7.52. The number of nitrogens with zero attached hydrogens (tertiary/aromatic N) is 3. The van der Waals surface area contributed by atoms with E-state index in [1.807, 2.05) is 0 Å². The molecule has 1 aromatic carbocycles. The van der Waals surface area contributed by atoms with E-state index in [4.69, 9.17) is 9.90 Å². The molecular formula is C22H20F4N4O5. The zero-order valence-corrected chi connectivity index (χ0v) is 18.3. The number of pyridine rings is 1. The average molecular weight is 496 g/mol. The van der Waals surface area contributed by atoms with Crippen LogP contribution in [0.1, 0.15) is 52.0 Å². The Hall–Kier alpha value is -4.03. The molecule has 186 valence electrons. The number of carboxylic acids is 1. The van der Waals surface area contributed by atoms with Gasteiger partial charge in [-0.15, -0.1) is 0 Å². The Morgan fingerprint density at radius 3 is 2.49 bits per heavy atom. The van der Waals surface area contributed by atoms with Crippen LogP contribution >= 0.6 is 0 Å². The van der Waals surface area contributed by atoms with Crippen molar-refractivity contribution in [2.24, 2.45) is 0 Å². The van der Waals surface area contributed by atoms with Crippen molar-refractivity contribution in [3.8, 4) is 0 Å². The Morgan fingerprint density at radius 2 is 1.89 bits per heavy atom. The number of amides is 1. The Kier molecular flexibility index (Phi) is 7.67. The molecule has 4 rings (SSSR count). The summed E-state index contributed by atoms with van der Waals surface area (Å²) in [4.78, 5) is 47.1. The fourth-order valence-electron chi connectivity index (χ4n) is 3.52. The predicted molar refractivity (Wildman–Crippen MR) is 113 cm³/mol. The van der Waals surface area contributed by atoms with Gasteiger partial charge in [0.1, 0.15) is 17.3 Å². The van der Waals surface area contributed by atoms with Gasteiger partial charge in [0.25, 0.3) is 5.91 Å². The first kappa shape index (κ1) is 25.6. The Bertz CT molecular complexity index is 1230. The summed E-state index contributed by atoms with van der Waals surface area (Å²) in [6.07, 6.45) is -1.14. The molecule has 3 heterocycles. The number of fused-ring (bicyclic) bond motifs is 1. The largest absolute Gasteiger partial charge is 0.490 e. The van der Waals surface area contributed by atoms with Crippen LogP contribution in [0.3, 0.4) is 0 Å². The third kappa shape index (κ3) is 6.11. The molecule has 1 aliphatic rings. The molecule has 9 nitrogen and oxygen atoms in total. The fourth-order valence-corrected chi connectivity index (χ4v) is 3.52. The smallest absolute Gasteiger partial charge is 0.475 e. The maximum Gasteiger partial charge on any atom is 0.490 e. The van der Waals surface area contributed by atoms with E-state index >= 15 is 0 Å². The van der Waals surface area contributed by atoms with Crippen LogP contribution in [-0.4, -0.2) is 62.6 Å². The number of esters is 1. The van der Waals surface area contributed by atoms with E-state index in [-0.39, 0.29) is 29.0 Å². The summed E-state index contributed by atoms with van der Waals surface area (Å²) < 4.78 is 49.9. The number of alkyl halides is 3. The molecule has 1 atom stereocenters. The molecule has 1 amide bonds. The van der Waals surface area contributed by atoms with Gasteiger partial charge in [-0.05, 0) is 49.6 Å². The van der Waals surface area contributed by atoms with Gasteiger partial charge in [-0.2, -0.15) is 13.2 Å². The number of hydrogen-bond acceptors (Lipinski definition) is 6. The van der Waals surface area contributed by atoms with E-state index in [0.717, 1.165) is 19.3 Å². The number of halogens is 4. The van der Waals surface area contributed by atoms with Crippen LogP contribution in [0.15, 0.2) is 36.5 Å². The van der Waals surface area contributed by atoms with Gasteiger partial charge in [0.05, 0.1) is 29.7 Å². The van der Waals surface area contributed by atoms with Crippen molar-refractivity contribution in [1.29, 1.82) is 0 Å². The molecule has 0 aliphatic carbocycles. The topological polar surface area (TPSA) is 125 Å². The van der Waals surface area contributed by atoms with Gasteiger partial charge in [0.2, 0.25) is 0 Å². The number of methoxy groups -OCH3 is 1. The lowest BCUT2D eigenvalue weighted by atomic mass is 10.0. The zero-order valence-electron chi connectivity index (χ0n) is 18.3. The predicted octanol–water partition coefficient (Wildman–Crippen LogP) is 3.88. The lowest BCUT2D eigenvalue weighted by molar-refractivity contribution is -0.192. The summed E-state index contributed by atoms with van der Waals surface area (Å²) in [6.45, 7) is 0.579. The molecule has 1 aliphatic heterocycles. The third-order valence-electron chi connectivity index (χ3n) is 5.19. The van der Waals surface area contributed by atoms with Gasteiger partial charge >= 0.3 is 18.1 Å². The SMILES string of the molecule is COC(=O)c1ccc(C(=O)N2CCCCC2c2nc3ccc(F)cc3[nH]2)nc1.O=C(O)C(F)(F)F. The minimum Gasteiger partial charge on any atom is -0.475 e. The normalized spacial score (nSPS) is 15.8. The first-order valence-corrected chi connectivity index (χ1v) is 10.3. The lowest BCUT2D eigenvalue weighted by Crippen LogP contribution is -2.39.